The highest BCUT2D eigenvalue weighted by Gasteiger charge is 2.30. The Bertz CT molecular complexity index is 1050. The van der Waals surface area contributed by atoms with Gasteiger partial charge in [0.1, 0.15) is 17.0 Å². The van der Waals surface area contributed by atoms with Crippen LogP contribution in [-0.2, 0) is 4.74 Å². The number of pyridine rings is 1. The van der Waals surface area contributed by atoms with Gasteiger partial charge in [-0.3, -0.25) is 0 Å². The topological polar surface area (TPSA) is 69.5 Å². The van der Waals surface area contributed by atoms with Crippen LogP contribution < -0.4 is 4.74 Å². The van der Waals surface area contributed by atoms with Gasteiger partial charge >= 0.3 is 6.09 Å². The normalized spacial score (nSPS) is 17.2. The molecule has 1 aromatic carbocycles. The number of nitrogens with zero attached hydrogens (tertiary/aromatic N) is 4. The number of rotatable bonds is 3. The fourth-order valence-corrected chi connectivity index (χ4v) is 3.86. The molecule has 1 amide bonds. The third kappa shape index (κ3) is 4.10. The van der Waals surface area contributed by atoms with Crippen LogP contribution in [0.25, 0.3) is 22.3 Å². The highest BCUT2D eigenvalue weighted by Crippen LogP contribution is 2.33. The molecule has 158 valence electrons. The summed E-state index contributed by atoms with van der Waals surface area (Å²) < 4.78 is 12.9. The Hall–Kier alpha value is -3.09. The number of hydrogen-bond donors (Lipinski definition) is 0. The van der Waals surface area contributed by atoms with Gasteiger partial charge in [-0.05, 0) is 57.9 Å². The van der Waals surface area contributed by atoms with Gasteiger partial charge in [-0.1, -0.05) is 12.1 Å². The first-order valence-electron chi connectivity index (χ1n) is 10.3. The number of aromatic nitrogens is 3. The van der Waals surface area contributed by atoms with E-state index in [-0.39, 0.29) is 12.1 Å². The quantitative estimate of drug-likeness (QED) is 0.629. The summed E-state index contributed by atoms with van der Waals surface area (Å²) in [6.45, 7) is 6.91. The molecule has 0 spiro atoms. The van der Waals surface area contributed by atoms with E-state index in [1.807, 2.05) is 61.9 Å². The van der Waals surface area contributed by atoms with Gasteiger partial charge in [0.05, 0.1) is 13.2 Å². The number of ether oxygens (including phenoxy) is 2. The van der Waals surface area contributed by atoms with Crippen LogP contribution in [0.5, 0.6) is 5.75 Å². The summed E-state index contributed by atoms with van der Waals surface area (Å²) in [5.41, 5.74) is 2.16. The summed E-state index contributed by atoms with van der Waals surface area (Å²) in [6, 6.07) is 11.9. The summed E-state index contributed by atoms with van der Waals surface area (Å²) in [5.74, 6) is 0.785. The van der Waals surface area contributed by atoms with E-state index in [0.717, 1.165) is 40.9 Å². The summed E-state index contributed by atoms with van der Waals surface area (Å²) in [5, 5.41) is 5.93. The minimum absolute atomic E-state index is 0.0445. The number of methoxy groups -OCH3 is 1. The van der Waals surface area contributed by atoms with Crippen molar-refractivity contribution >= 4 is 17.1 Å². The smallest absolute Gasteiger partial charge is 0.410 e. The second kappa shape index (κ2) is 7.97. The standard InChI is InChI=1S/C23H28N4O3/c1-23(2,3)30-22(28)26-13-7-9-17(15-26)27-21-19(11-6-12-24-21)20(25-27)16-8-5-10-18(14-16)29-4/h5-6,8,10-12,14,17H,7,9,13,15H2,1-4H3/t17-/m1/s1. The molecule has 0 radical (unpaired) electrons. The molecule has 1 fully saturated rings. The Kier molecular flexibility index (Phi) is 5.37. The van der Waals surface area contributed by atoms with Crippen LogP contribution in [0, 0.1) is 0 Å². The van der Waals surface area contributed by atoms with Gasteiger partial charge in [0.25, 0.3) is 0 Å². The van der Waals surface area contributed by atoms with Gasteiger partial charge in [-0.2, -0.15) is 5.10 Å². The average Bonchev–Trinajstić information content (AvgIpc) is 3.12. The van der Waals surface area contributed by atoms with Crippen LogP contribution in [0.4, 0.5) is 4.79 Å². The molecule has 0 unspecified atom stereocenters. The van der Waals surface area contributed by atoms with Crippen LogP contribution in [0.3, 0.4) is 0 Å². The van der Waals surface area contributed by atoms with E-state index in [2.05, 4.69) is 4.98 Å². The van der Waals surface area contributed by atoms with Crippen LogP contribution in [0.2, 0.25) is 0 Å². The maximum absolute atomic E-state index is 12.6. The van der Waals surface area contributed by atoms with E-state index in [1.54, 1.807) is 18.2 Å². The van der Waals surface area contributed by atoms with Gasteiger partial charge in [0, 0.05) is 30.2 Å². The summed E-state index contributed by atoms with van der Waals surface area (Å²) in [4.78, 5) is 19.0. The molecule has 3 heterocycles. The first-order valence-corrected chi connectivity index (χ1v) is 10.3. The van der Waals surface area contributed by atoms with Crippen molar-refractivity contribution in [2.24, 2.45) is 0 Å². The molecule has 1 saturated heterocycles. The van der Waals surface area contributed by atoms with Crippen molar-refractivity contribution in [3.8, 4) is 17.0 Å². The number of carbonyl (C=O) groups excluding carboxylic acids is 1. The van der Waals surface area contributed by atoms with Crippen LogP contribution in [-0.4, -0.2) is 51.6 Å². The second-order valence-corrected chi connectivity index (χ2v) is 8.62. The molecule has 0 bridgehead atoms. The van der Waals surface area contributed by atoms with Crippen LogP contribution in [0.15, 0.2) is 42.6 Å². The van der Waals surface area contributed by atoms with Crippen molar-refractivity contribution in [2.45, 2.75) is 45.3 Å². The fourth-order valence-electron chi connectivity index (χ4n) is 3.86. The average molecular weight is 409 g/mol. The van der Waals surface area contributed by atoms with E-state index >= 15 is 0 Å². The van der Waals surface area contributed by atoms with Crippen LogP contribution >= 0.6 is 0 Å². The number of benzene rings is 1. The highest BCUT2D eigenvalue weighted by molar-refractivity contribution is 5.91. The Morgan fingerprint density at radius 3 is 2.80 bits per heavy atom. The largest absolute Gasteiger partial charge is 0.497 e. The Morgan fingerprint density at radius 1 is 1.20 bits per heavy atom. The van der Waals surface area contributed by atoms with E-state index in [0.29, 0.717) is 13.1 Å². The lowest BCUT2D eigenvalue weighted by Gasteiger charge is -2.34. The molecule has 0 aliphatic carbocycles. The zero-order chi connectivity index (χ0) is 21.3. The lowest BCUT2D eigenvalue weighted by molar-refractivity contribution is 0.0169. The van der Waals surface area contributed by atoms with Crippen molar-refractivity contribution < 1.29 is 14.3 Å². The minimum Gasteiger partial charge on any atom is -0.497 e. The molecule has 0 saturated carbocycles. The molecule has 7 nitrogen and oxygen atoms in total. The van der Waals surface area contributed by atoms with Crippen molar-refractivity contribution in [2.75, 3.05) is 20.2 Å². The third-order valence-corrected chi connectivity index (χ3v) is 5.20. The SMILES string of the molecule is COc1cccc(-c2nn([C@@H]3CCCN(C(=O)OC(C)(C)C)C3)c3ncccc23)c1. The molecule has 2 aromatic heterocycles. The third-order valence-electron chi connectivity index (χ3n) is 5.20. The Morgan fingerprint density at radius 2 is 2.03 bits per heavy atom. The molecule has 7 heteroatoms. The summed E-state index contributed by atoms with van der Waals surface area (Å²) >= 11 is 0. The lowest BCUT2D eigenvalue weighted by Crippen LogP contribution is -2.43. The van der Waals surface area contributed by atoms with E-state index < -0.39 is 5.60 Å². The van der Waals surface area contributed by atoms with Crippen molar-refractivity contribution in [1.82, 2.24) is 19.7 Å². The molecule has 4 rings (SSSR count). The highest BCUT2D eigenvalue weighted by atomic mass is 16.6. The Labute approximate surface area is 176 Å². The molecule has 3 aromatic rings. The molecular weight excluding hydrogens is 380 g/mol. The zero-order valence-electron chi connectivity index (χ0n) is 18.0. The van der Waals surface area contributed by atoms with Crippen molar-refractivity contribution in [1.29, 1.82) is 0 Å². The van der Waals surface area contributed by atoms with Crippen LogP contribution in [0.1, 0.15) is 39.7 Å². The van der Waals surface area contributed by atoms with E-state index in [1.165, 1.54) is 0 Å². The first-order chi connectivity index (χ1) is 14.4. The van der Waals surface area contributed by atoms with E-state index in [9.17, 15) is 4.79 Å². The molecule has 1 aliphatic rings. The van der Waals surface area contributed by atoms with Crippen molar-refractivity contribution in [3.05, 3.63) is 42.6 Å². The van der Waals surface area contributed by atoms with Gasteiger partial charge in [-0.25, -0.2) is 14.5 Å². The molecule has 30 heavy (non-hydrogen) atoms. The molecule has 1 aliphatic heterocycles. The zero-order valence-corrected chi connectivity index (χ0v) is 18.0. The molecule has 0 N–H and O–H groups in total. The monoisotopic (exact) mass is 408 g/mol. The molecular formula is C23H28N4O3. The second-order valence-electron chi connectivity index (χ2n) is 8.62. The number of likely N-dealkylation sites (tertiary alicyclic amines) is 1. The number of fused-ring (bicyclic) bond motifs is 1. The Balaban J connectivity index is 1.68. The summed E-state index contributed by atoms with van der Waals surface area (Å²) in [6.07, 6.45) is 3.34. The number of piperidine rings is 1. The van der Waals surface area contributed by atoms with Gasteiger partial charge < -0.3 is 14.4 Å². The number of carbonyl (C=O) groups is 1. The van der Waals surface area contributed by atoms with Crippen molar-refractivity contribution in [3.63, 3.8) is 0 Å². The lowest BCUT2D eigenvalue weighted by atomic mass is 10.1. The van der Waals surface area contributed by atoms with E-state index in [4.69, 9.17) is 14.6 Å². The summed E-state index contributed by atoms with van der Waals surface area (Å²) in [7, 11) is 1.66. The minimum atomic E-state index is -0.510. The molecule has 1 atom stereocenters. The predicted octanol–water partition coefficient (Wildman–Crippen LogP) is 4.68. The number of hydrogen-bond acceptors (Lipinski definition) is 5. The maximum Gasteiger partial charge on any atom is 0.410 e. The first kappa shape index (κ1) is 20.2. The fraction of sp³-hybridized carbons (Fsp3) is 0.435. The van der Waals surface area contributed by atoms with Gasteiger partial charge in [0.15, 0.2) is 5.65 Å². The number of amides is 1. The predicted molar refractivity (Wildman–Crippen MR) is 116 cm³/mol. The van der Waals surface area contributed by atoms with Gasteiger partial charge in [0.2, 0.25) is 0 Å². The van der Waals surface area contributed by atoms with Gasteiger partial charge in [-0.15, -0.1) is 0 Å². The maximum atomic E-state index is 12.6.